The minimum atomic E-state index is -0.983. The molecule has 1 aliphatic rings. The van der Waals surface area contributed by atoms with Gasteiger partial charge < -0.3 is 14.4 Å². The van der Waals surface area contributed by atoms with E-state index in [9.17, 15) is 14.0 Å². The van der Waals surface area contributed by atoms with Crippen LogP contribution in [-0.4, -0.2) is 39.5 Å². The number of halogens is 1. The average molecular weight is 318 g/mol. The van der Waals surface area contributed by atoms with Gasteiger partial charge in [0.1, 0.15) is 18.1 Å². The summed E-state index contributed by atoms with van der Waals surface area (Å²) in [6, 6.07) is 4.91. The molecule has 1 saturated heterocycles. The fourth-order valence-electron chi connectivity index (χ4n) is 2.69. The highest BCUT2D eigenvalue weighted by Gasteiger charge is 2.34. The number of hydrogen-bond acceptors (Lipinski definition) is 4. The molecule has 0 spiro atoms. The predicted octanol–water partition coefficient (Wildman–Crippen LogP) is 2.10. The number of aliphatic carboxylic acids is 1. The zero-order valence-electron chi connectivity index (χ0n) is 12.2. The van der Waals surface area contributed by atoms with Crippen molar-refractivity contribution in [1.29, 1.82) is 0 Å². The topological polar surface area (TPSA) is 83.6 Å². The summed E-state index contributed by atoms with van der Waals surface area (Å²) >= 11 is 0. The predicted molar refractivity (Wildman–Crippen MR) is 78.0 cm³/mol. The summed E-state index contributed by atoms with van der Waals surface area (Å²) in [4.78, 5) is 29.0. The Balaban J connectivity index is 1.70. The standard InChI is InChI=1S/C16H15FN2O4/c17-11-5-3-10(4-6-11)15-18-12(9-23-15)8-14(20)19-7-1-2-13(19)16(21)22/h3-6,9,13H,1-2,7-8H2,(H,21,22). The van der Waals surface area contributed by atoms with Gasteiger partial charge in [-0.3, -0.25) is 4.79 Å². The number of benzene rings is 1. The Kier molecular flexibility index (Phi) is 4.10. The average Bonchev–Trinajstić information content (AvgIpc) is 3.16. The number of hydrogen-bond donors (Lipinski definition) is 1. The minimum absolute atomic E-state index is 0.0194. The van der Waals surface area contributed by atoms with Crippen molar-refractivity contribution in [3.8, 4) is 11.5 Å². The first kappa shape index (κ1) is 15.2. The number of carbonyl (C=O) groups is 2. The Morgan fingerprint density at radius 2 is 2.09 bits per heavy atom. The van der Waals surface area contributed by atoms with Crippen LogP contribution >= 0.6 is 0 Å². The van der Waals surface area contributed by atoms with Gasteiger partial charge >= 0.3 is 5.97 Å². The number of carbonyl (C=O) groups excluding carboxylic acids is 1. The molecule has 1 aromatic carbocycles. The van der Waals surface area contributed by atoms with Crippen molar-refractivity contribution >= 4 is 11.9 Å². The summed E-state index contributed by atoms with van der Waals surface area (Å²) in [5.41, 5.74) is 1.03. The van der Waals surface area contributed by atoms with Crippen molar-refractivity contribution in [2.24, 2.45) is 0 Å². The van der Waals surface area contributed by atoms with Gasteiger partial charge in [-0.05, 0) is 37.1 Å². The van der Waals surface area contributed by atoms with Gasteiger partial charge in [-0.2, -0.15) is 0 Å². The van der Waals surface area contributed by atoms with Crippen LogP contribution in [0.3, 0.4) is 0 Å². The number of likely N-dealkylation sites (tertiary alicyclic amines) is 1. The fraction of sp³-hybridized carbons (Fsp3) is 0.312. The summed E-state index contributed by atoms with van der Waals surface area (Å²) < 4.78 is 18.2. The van der Waals surface area contributed by atoms with Crippen LogP contribution < -0.4 is 0 Å². The van der Waals surface area contributed by atoms with Crippen LogP contribution in [0, 0.1) is 5.82 Å². The van der Waals surface area contributed by atoms with Crippen molar-refractivity contribution in [3.63, 3.8) is 0 Å². The first-order valence-electron chi connectivity index (χ1n) is 7.27. The smallest absolute Gasteiger partial charge is 0.326 e. The number of rotatable bonds is 4. The highest BCUT2D eigenvalue weighted by molar-refractivity contribution is 5.85. The van der Waals surface area contributed by atoms with E-state index in [1.165, 1.54) is 35.4 Å². The third kappa shape index (κ3) is 3.23. The van der Waals surface area contributed by atoms with E-state index in [-0.39, 0.29) is 18.1 Å². The van der Waals surface area contributed by atoms with E-state index in [0.717, 1.165) is 0 Å². The molecule has 1 unspecified atom stereocenters. The van der Waals surface area contributed by atoms with Crippen molar-refractivity contribution in [2.45, 2.75) is 25.3 Å². The summed E-state index contributed by atoms with van der Waals surface area (Å²) in [7, 11) is 0. The molecule has 6 nitrogen and oxygen atoms in total. The van der Waals surface area contributed by atoms with Gasteiger partial charge in [0.25, 0.3) is 0 Å². The van der Waals surface area contributed by atoms with Crippen LogP contribution in [-0.2, 0) is 16.0 Å². The van der Waals surface area contributed by atoms with E-state index >= 15 is 0 Å². The Labute approximate surface area is 131 Å². The highest BCUT2D eigenvalue weighted by atomic mass is 19.1. The first-order chi connectivity index (χ1) is 11.0. The maximum atomic E-state index is 12.9. The second-order valence-electron chi connectivity index (χ2n) is 5.41. The maximum absolute atomic E-state index is 12.9. The van der Waals surface area contributed by atoms with Gasteiger partial charge in [-0.15, -0.1) is 0 Å². The molecule has 120 valence electrons. The van der Waals surface area contributed by atoms with E-state index in [1.807, 2.05) is 0 Å². The third-order valence-electron chi connectivity index (χ3n) is 3.83. The number of amides is 1. The number of nitrogens with zero attached hydrogens (tertiary/aromatic N) is 2. The second kappa shape index (κ2) is 6.20. The molecule has 0 radical (unpaired) electrons. The lowest BCUT2D eigenvalue weighted by Gasteiger charge is -2.20. The van der Waals surface area contributed by atoms with Crippen LogP contribution in [0.5, 0.6) is 0 Å². The lowest BCUT2D eigenvalue weighted by molar-refractivity contribution is -0.148. The Bertz CT molecular complexity index is 726. The highest BCUT2D eigenvalue weighted by Crippen LogP contribution is 2.21. The lowest BCUT2D eigenvalue weighted by Crippen LogP contribution is -2.41. The molecule has 1 aromatic heterocycles. The molecule has 1 atom stereocenters. The molecule has 2 heterocycles. The van der Waals surface area contributed by atoms with Crippen LogP contribution in [0.25, 0.3) is 11.5 Å². The molecule has 0 saturated carbocycles. The quantitative estimate of drug-likeness (QED) is 0.933. The molecular formula is C16H15FN2O4. The summed E-state index contributed by atoms with van der Waals surface area (Å²) in [6.45, 7) is 0.443. The number of carboxylic acid groups (broad SMARTS) is 1. The molecule has 23 heavy (non-hydrogen) atoms. The normalized spacial score (nSPS) is 17.4. The maximum Gasteiger partial charge on any atom is 0.326 e. The molecule has 7 heteroatoms. The van der Waals surface area contributed by atoms with Crippen LogP contribution in [0.15, 0.2) is 34.9 Å². The third-order valence-corrected chi connectivity index (χ3v) is 3.83. The van der Waals surface area contributed by atoms with Crippen LogP contribution in [0.4, 0.5) is 4.39 Å². The van der Waals surface area contributed by atoms with Crippen molar-refractivity contribution in [1.82, 2.24) is 9.88 Å². The van der Waals surface area contributed by atoms with Crippen molar-refractivity contribution in [3.05, 3.63) is 42.0 Å². The monoisotopic (exact) mass is 318 g/mol. The summed E-state index contributed by atoms with van der Waals surface area (Å²) in [5, 5.41) is 9.12. The number of carboxylic acids is 1. The Morgan fingerprint density at radius 3 is 2.78 bits per heavy atom. The van der Waals surface area contributed by atoms with Gasteiger partial charge in [0.2, 0.25) is 11.8 Å². The Hall–Kier alpha value is -2.70. The van der Waals surface area contributed by atoms with Crippen LogP contribution in [0.2, 0.25) is 0 Å². The van der Waals surface area contributed by atoms with E-state index in [1.54, 1.807) is 0 Å². The molecule has 0 aliphatic carbocycles. The molecule has 1 fully saturated rings. The number of oxazole rings is 1. The number of aromatic nitrogens is 1. The van der Waals surface area contributed by atoms with Gasteiger partial charge in [-0.1, -0.05) is 0 Å². The fourth-order valence-corrected chi connectivity index (χ4v) is 2.69. The minimum Gasteiger partial charge on any atom is -0.480 e. The molecular weight excluding hydrogens is 303 g/mol. The van der Waals surface area contributed by atoms with Gasteiger partial charge in [0.15, 0.2) is 0 Å². The zero-order chi connectivity index (χ0) is 16.4. The summed E-state index contributed by atoms with van der Waals surface area (Å²) in [5.74, 6) is -1.33. The van der Waals surface area contributed by atoms with E-state index in [2.05, 4.69) is 4.98 Å². The lowest BCUT2D eigenvalue weighted by atomic mass is 10.2. The molecule has 0 bridgehead atoms. The van der Waals surface area contributed by atoms with Gasteiger partial charge in [-0.25, -0.2) is 14.2 Å². The SMILES string of the molecule is O=C(O)C1CCCN1C(=O)Cc1coc(-c2ccc(F)cc2)n1. The first-order valence-corrected chi connectivity index (χ1v) is 7.27. The van der Waals surface area contributed by atoms with Crippen molar-refractivity contribution in [2.75, 3.05) is 6.54 Å². The van der Waals surface area contributed by atoms with Gasteiger partial charge in [0, 0.05) is 12.1 Å². The van der Waals surface area contributed by atoms with E-state index in [0.29, 0.717) is 36.5 Å². The van der Waals surface area contributed by atoms with E-state index in [4.69, 9.17) is 9.52 Å². The van der Waals surface area contributed by atoms with Crippen LogP contribution in [0.1, 0.15) is 18.5 Å². The van der Waals surface area contributed by atoms with Gasteiger partial charge in [0.05, 0.1) is 12.1 Å². The molecule has 1 N–H and O–H groups in total. The molecule has 2 aromatic rings. The molecule has 3 rings (SSSR count). The zero-order valence-corrected chi connectivity index (χ0v) is 12.2. The largest absolute Gasteiger partial charge is 0.480 e. The Morgan fingerprint density at radius 1 is 1.35 bits per heavy atom. The second-order valence-corrected chi connectivity index (χ2v) is 5.41. The molecule has 1 amide bonds. The van der Waals surface area contributed by atoms with Crippen molar-refractivity contribution < 1.29 is 23.5 Å². The molecule has 1 aliphatic heterocycles. The summed E-state index contributed by atoms with van der Waals surface area (Å²) in [6.07, 6.45) is 2.50. The van der Waals surface area contributed by atoms with E-state index < -0.39 is 12.0 Å².